The number of rotatable bonds is 3. The molecule has 6 heteroatoms. The molecule has 0 fully saturated rings. The molecule has 6 nitrogen and oxygen atoms in total. The number of nitrogens with one attached hydrogen (secondary N) is 1. The van der Waals surface area contributed by atoms with Gasteiger partial charge < -0.3 is 19.7 Å². The Kier molecular flexibility index (Phi) is 4.01. The molecule has 0 aromatic heterocycles. The monoisotopic (exact) mass is 338 g/mol. The van der Waals surface area contributed by atoms with E-state index in [9.17, 15) is 9.59 Å². The number of hydrogen-bond acceptors (Lipinski definition) is 4. The summed E-state index contributed by atoms with van der Waals surface area (Å²) in [4.78, 5) is 26.2. The Balaban J connectivity index is 1.48. The second-order valence-electron chi connectivity index (χ2n) is 6.02. The van der Waals surface area contributed by atoms with Gasteiger partial charge in [-0.3, -0.25) is 9.59 Å². The van der Waals surface area contributed by atoms with Crippen molar-refractivity contribution in [3.05, 3.63) is 48.0 Å². The maximum atomic E-state index is 12.4. The SMILES string of the molecule is O=C(CN1C(=O)CCc2ccccc21)Nc1ccc2c(c1)OCCO2. The maximum Gasteiger partial charge on any atom is 0.244 e. The standard InChI is InChI=1S/C19H18N2O4/c22-18(20-14-6-7-16-17(11-14)25-10-9-24-16)12-21-15-4-2-1-3-13(15)5-8-19(21)23/h1-4,6-7,11H,5,8-10,12H2,(H,20,22). The van der Waals surface area contributed by atoms with Crippen molar-refractivity contribution in [1.82, 2.24) is 0 Å². The first-order chi connectivity index (χ1) is 12.2. The first kappa shape index (κ1) is 15.5. The zero-order chi connectivity index (χ0) is 17.2. The Hall–Kier alpha value is -3.02. The van der Waals surface area contributed by atoms with Gasteiger partial charge in [-0.05, 0) is 30.2 Å². The molecular weight excluding hydrogens is 320 g/mol. The quantitative estimate of drug-likeness (QED) is 0.933. The number of carbonyl (C=O) groups excluding carboxylic acids is 2. The lowest BCUT2D eigenvalue weighted by Gasteiger charge is -2.28. The molecule has 25 heavy (non-hydrogen) atoms. The second kappa shape index (κ2) is 6.47. The van der Waals surface area contributed by atoms with E-state index >= 15 is 0 Å². The van der Waals surface area contributed by atoms with Gasteiger partial charge in [-0.2, -0.15) is 0 Å². The summed E-state index contributed by atoms with van der Waals surface area (Å²) >= 11 is 0. The minimum atomic E-state index is -0.248. The van der Waals surface area contributed by atoms with Gasteiger partial charge in [0.1, 0.15) is 19.8 Å². The summed E-state index contributed by atoms with van der Waals surface area (Å²) in [6, 6.07) is 13.0. The zero-order valence-corrected chi connectivity index (χ0v) is 13.7. The summed E-state index contributed by atoms with van der Waals surface area (Å²) in [6.07, 6.45) is 1.14. The van der Waals surface area contributed by atoms with Crippen molar-refractivity contribution in [3.63, 3.8) is 0 Å². The van der Waals surface area contributed by atoms with Gasteiger partial charge in [0.05, 0.1) is 0 Å². The fourth-order valence-electron chi connectivity index (χ4n) is 3.14. The normalized spacial score (nSPS) is 15.5. The fraction of sp³-hybridized carbons (Fsp3) is 0.263. The van der Waals surface area contributed by atoms with Crippen molar-refractivity contribution in [3.8, 4) is 11.5 Å². The lowest BCUT2D eigenvalue weighted by atomic mass is 10.0. The van der Waals surface area contributed by atoms with Crippen molar-refractivity contribution >= 4 is 23.2 Å². The van der Waals surface area contributed by atoms with Gasteiger partial charge in [-0.15, -0.1) is 0 Å². The van der Waals surface area contributed by atoms with Crippen molar-refractivity contribution in [2.75, 3.05) is 30.0 Å². The van der Waals surface area contributed by atoms with E-state index in [0.717, 1.165) is 17.7 Å². The highest BCUT2D eigenvalue weighted by molar-refractivity contribution is 6.04. The summed E-state index contributed by atoms with van der Waals surface area (Å²) in [5.74, 6) is 1.01. The van der Waals surface area contributed by atoms with E-state index in [-0.39, 0.29) is 18.4 Å². The second-order valence-corrected chi connectivity index (χ2v) is 6.02. The van der Waals surface area contributed by atoms with Crippen LogP contribution in [0.1, 0.15) is 12.0 Å². The lowest BCUT2D eigenvalue weighted by molar-refractivity contribution is -0.121. The smallest absolute Gasteiger partial charge is 0.244 e. The van der Waals surface area contributed by atoms with Gasteiger partial charge in [-0.1, -0.05) is 18.2 Å². The van der Waals surface area contributed by atoms with Crippen LogP contribution in [0.15, 0.2) is 42.5 Å². The Morgan fingerprint density at radius 3 is 2.72 bits per heavy atom. The molecule has 0 unspecified atom stereocenters. The summed E-state index contributed by atoms with van der Waals surface area (Å²) in [7, 11) is 0. The first-order valence-electron chi connectivity index (χ1n) is 8.28. The van der Waals surface area contributed by atoms with Gasteiger partial charge in [-0.25, -0.2) is 0 Å². The van der Waals surface area contributed by atoms with E-state index in [1.54, 1.807) is 23.1 Å². The number of nitrogens with zero attached hydrogens (tertiary/aromatic N) is 1. The zero-order valence-electron chi connectivity index (χ0n) is 13.7. The highest BCUT2D eigenvalue weighted by Gasteiger charge is 2.25. The average molecular weight is 338 g/mol. The number of benzene rings is 2. The number of hydrogen-bond donors (Lipinski definition) is 1. The van der Waals surface area contributed by atoms with Crippen molar-refractivity contribution < 1.29 is 19.1 Å². The van der Waals surface area contributed by atoms with E-state index in [1.807, 2.05) is 24.3 Å². The molecular formula is C19H18N2O4. The largest absolute Gasteiger partial charge is 0.486 e. The van der Waals surface area contributed by atoms with Gasteiger partial charge in [0.15, 0.2) is 11.5 Å². The number of aryl methyl sites for hydroxylation is 1. The van der Waals surface area contributed by atoms with Gasteiger partial charge in [0.2, 0.25) is 11.8 Å². The van der Waals surface area contributed by atoms with Crippen LogP contribution >= 0.6 is 0 Å². The topological polar surface area (TPSA) is 67.9 Å². The molecule has 2 aliphatic rings. The average Bonchev–Trinajstić information content (AvgIpc) is 2.64. The van der Waals surface area contributed by atoms with E-state index in [4.69, 9.17) is 9.47 Å². The molecule has 2 aromatic rings. The van der Waals surface area contributed by atoms with Crippen LogP contribution in [0.3, 0.4) is 0 Å². The van der Waals surface area contributed by atoms with Crippen LogP contribution in [0.4, 0.5) is 11.4 Å². The molecule has 0 atom stereocenters. The van der Waals surface area contributed by atoms with Crippen LogP contribution in [-0.2, 0) is 16.0 Å². The Morgan fingerprint density at radius 1 is 1.04 bits per heavy atom. The molecule has 1 N–H and O–H groups in total. The molecule has 2 aromatic carbocycles. The third-order valence-electron chi connectivity index (χ3n) is 4.32. The van der Waals surface area contributed by atoms with Crippen LogP contribution in [0.25, 0.3) is 0 Å². The van der Waals surface area contributed by atoms with Crippen molar-refractivity contribution in [2.24, 2.45) is 0 Å². The molecule has 2 heterocycles. The third-order valence-corrected chi connectivity index (χ3v) is 4.32. The summed E-state index contributed by atoms with van der Waals surface area (Å²) in [6.45, 7) is 1.00. The molecule has 0 aliphatic carbocycles. The highest BCUT2D eigenvalue weighted by atomic mass is 16.6. The molecule has 0 spiro atoms. The molecule has 2 amide bonds. The lowest BCUT2D eigenvalue weighted by Crippen LogP contribution is -2.40. The van der Waals surface area contributed by atoms with E-state index in [2.05, 4.69) is 5.32 Å². The number of amides is 2. The van der Waals surface area contributed by atoms with Crippen LogP contribution in [0.2, 0.25) is 0 Å². The minimum Gasteiger partial charge on any atom is -0.486 e. The molecule has 0 bridgehead atoms. The Morgan fingerprint density at radius 2 is 1.84 bits per heavy atom. The van der Waals surface area contributed by atoms with Gasteiger partial charge >= 0.3 is 0 Å². The number of carbonyl (C=O) groups is 2. The summed E-state index contributed by atoms with van der Waals surface area (Å²) in [5, 5.41) is 2.82. The fourth-order valence-corrected chi connectivity index (χ4v) is 3.14. The summed E-state index contributed by atoms with van der Waals surface area (Å²) < 4.78 is 11.0. The maximum absolute atomic E-state index is 12.4. The Bertz CT molecular complexity index is 834. The molecule has 0 radical (unpaired) electrons. The third kappa shape index (κ3) is 3.15. The predicted octanol–water partition coefficient (Wildman–Crippen LogP) is 2.38. The van der Waals surface area contributed by atoms with Gasteiger partial charge in [0, 0.05) is 23.9 Å². The van der Waals surface area contributed by atoms with E-state index in [1.165, 1.54) is 0 Å². The minimum absolute atomic E-state index is 0.00963. The number of ether oxygens (including phenoxy) is 2. The van der Waals surface area contributed by atoms with Gasteiger partial charge in [0.25, 0.3) is 0 Å². The van der Waals surface area contributed by atoms with Crippen molar-refractivity contribution in [1.29, 1.82) is 0 Å². The van der Waals surface area contributed by atoms with Crippen LogP contribution in [0.5, 0.6) is 11.5 Å². The van der Waals surface area contributed by atoms with Crippen molar-refractivity contribution in [2.45, 2.75) is 12.8 Å². The molecule has 0 saturated carbocycles. The predicted molar refractivity (Wildman–Crippen MR) is 93.2 cm³/mol. The van der Waals surface area contributed by atoms with Crippen LogP contribution < -0.4 is 19.7 Å². The molecule has 4 rings (SSSR count). The summed E-state index contributed by atoms with van der Waals surface area (Å²) in [5.41, 5.74) is 2.53. The number of anilines is 2. The van der Waals surface area contributed by atoms with E-state index in [0.29, 0.717) is 36.8 Å². The molecule has 0 saturated heterocycles. The first-order valence-corrected chi connectivity index (χ1v) is 8.28. The molecule has 128 valence electrons. The highest BCUT2D eigenvalue weighted by Crippen LogP contribution is 2.32. The van der Waals surface area contributed by atoms with E-state index < -0.39 is 0 Å². The van der Waals surface area contributed by atoms with Crippen LogP contribution in [0, 0.1) is 0 Å². The Labute approximate surface area is 145 Å². The van der Waals surface area contributed by atoms with Crippen LogP contribution in [-0.4, -0.2) is 31.6 Å². The number of para-hydroxylation sites is 1. The number of fused-ring (bicyclic) bond motifs is 2. The molecule has 2 aliphatic heterocycles.